The number of aliphatic hydroxyl groups is 1. The third-order valence-electron chi connectivity index (χ3n) is 8.30. The van der Waals surface area contributed by atoms with Crippen LogP contribution >= 0.6 is 0 Å². The molecule has 6 rings (SSSR count). The number of ether oxygens (including phenoxy) is 2. The maximum Gasteiger partial charge on any atom is 0.343 e. The van der Waals surface area contributed by atoms with Crippen LogP contribution in [0, 0.1) is 12.7 Å². The molecule has 3 aliphatic rings. The zero-order chi connectivity index (χ0) is 28.3. The van der Waals surface area contributed by atoms with Gasteiger partial charge in [0, 0.05) is 29.1 Å². The Kier molecular flexibility index (Phi) is 6.45. The molecule has 2 aliphatic heterocycles. The first kappa shape index (κ1) is 26.5. The monoisotopic (exact) mass is 552 g/mol. The minimum Gasteiger partial charge on any atom is -0.458 e. The van der Waals surface area contributed by atoms with E-state index in [0.717, 1.165) is 22.1 Å². The normalized spacial score (nSPS) is 20.6. The van der Waals surface area contributed by atoms with E-state index in [2.05, 4.69) is 5.32 Å². The summed E-state index contributed by atoms with van der Waals surface area (Å²) in [4.78, 5) is 43.8. The van der Waals surface area contributed by atoms with Crippen molar-refractivity contribution in [2.75, 3.05) is 19.8 Å². The Morgan fingerprint density at radius 2 is 2.10 bits per heavy atom. The van der Waals surface area contributed by atoms with Crippen molar-refractivity contribution in [3.8, 4) is 11.4 Å². The highest BCUT2D eigenvalue weighted by molar-refractivity contribution is 5.94. The smallest absolute Gasteiger partial charge is 0.343 e. The molecule has 1 amide bonds. The first-order valence-corrected chi connectivity index (χ1v) is 13.2. The molecule has 4 heterocycles. The van der Waals surface area contributed by atoms with Crippen molar-refractivity contribution in [1.29, 1.82) is 0 Å². The van der Waals surface area contributed by atoms with Crippen LogP contribution in [0.5, 0.6) is 0 Å². The predicted molar refractivity (Wildman–Crippen MR) is 139 cm³/mol. The maximum atomic E-state index is 15.0. The standard InChI is InChI=1S/C28H29FN4O7/c1-3-28(37)17-8-21-25-15(10-33(21)26(35)16(17)11-40-27(28)36)24-19(31-22(34)12-39-7-6-30-38)5-4-14-13(2)18(29)9-20(32-25)23(14)24/h8-9,19,30,37-38H,3-7,10-12H2,1-2H3,(H,31,34)/t19-,28-/m0/s1. The summed E-state index contributed by atoms with van der Waals surface area (Å²) in [6.07, 6.45) is 1.05. The number of cyclic esters (lactones) is 1. The van der Waals surface area contributed by atoms with Crippen LogP contribution in [0.1, 0.15) is 59.2 Å². The molecule has 1 aliphatic carbocycles. The fourth-order valence-electron chi connectivity index (χ4n) is 6.22. The summed E-state index contributed by atoms with van der Waals surface area (Å²) in [5.74, 6) is -1.55. The summed E-state index contributed by atoms with van der Waals surface area (Å²) < 4.78 is 27.0. The molecule has 11 nitrogen and oxygen atoms in total. The average Bonchev–Trinajstić information content (AvgIpc) is 3.31. The number of carbonyl (C=O) groups excluding carboxylic acids is 2. The quantitative estimate of drug-likeness (QED) is 0.152. The van der Waals surface area contributed by atoms with Gasteiger partial charge in [0.2, 0.25) is 5.91 Å². The van der Waals surface area contributed by atoms with Crippen LogP contribution in [0.25, 0.3) is 22.3 Å². The highest BCUT2D eigenvalue weighted by Crippen LogP contribution is 2.45. The van der Waals surface area contributed by atoms with E-state index >= 15 is 0 Å². The van der Waals surface area contributed by atoms with E-state index in [0.29, 0.717) is 35.3 Å². The number of halogens is 1. The molecule has 0 saturated carbocycles. The second-order valence-electron chi connectivity index (χ2n) is 10.4. The summed E-state index contributed by atoms with van der Waals surface area (Å²) in [7, 11) is 0. The number of fused-ring (bicyclic) bond motifs is 5. The van der Waals surface area contributed by atoms with Crippen molar-refractivity contribution in [2.45, 2.75) is 57.9 Å². The minimum absolute atomic E-state index is 0.0172. The Morgan fingerprint density at radius 3 is 2.85 bits per heavy atom. The van der Waals surface area contributed by atoms with E-state index in [9.17, 15) is 23.9 Å². The van der Waals surface area contributed by atoms with E-state index in [-0.39, 0.29) is 56.4 Å². The molecule has 210 valence electrons. The van der Waals surface area contributed by atoms with Crippen LogP contribution in [0.2, 0.25) is 0 Å². The lowest BCUT2D eigenvalue weighted by atomic mass is 9.81. The zero-order valence-corrected chi connectivity index (χ0v) is 22.1. The van der Waals surface area contributed by atoms with E-state index in [1.54, 1.807) is 19.9 Å². The molecule has 2 atom stereocenters. The minimum atomic E-state index is -1.96. The van der Waals surface area contributed by atoms with Gasteiger partial charge in [-0.25, -0.2) is 19.6 Å². The highest BCUT2D eigenvalue weighted by Gasteiger charge is 2.46. The number of carbonyl (C=O) groups is 2. The number of aromatic nitrogens is 2. The largest absolute Gasteiger partial charge is 0.458 e. The molecular formula is C28H29FN4O7. The summed E-state index contributed by atoms with van der Waals surface area (Å²) in [6.45, 7) is 3.38. The molecule has 0 radical (unpaired) electrons. The fraction of sp³-hybridized carbons (Fsp3) is 0.429. The highest BCUT2D eigenvalue weighted by atomic mass is 19.1. The topological polar surface area (TPSA) is 152 Å². The Hall–Kier alpha value is -3.71. The first-order valence-electron chi connectivity index (χ1n) is 13.2. The Bertz CT molecular complexity index is 1650. The SMILES string of the molecule is CC[C@@]1(O)C(=O)OCc2c1cc1n(c2=O)Cc2c-1nc1cc(F)c(C)c3c1c2[C@@H](NC(=O)COCCNO)CC3. The van der Waals surface area contributed by atoms with Crippen molar-refractivity contribution in [3.05, 3.63) is 61.7 Å². The van der Waals surface area contributed by atoms with Gasteiger partial charge in [0.05, 0.1) is 41.7 Å². The van der Waals surface area contributed by atoms with Crippen molar-refractivity contribution in [1.82, 2.24) is 20.3 Å². The predicted octanol–water partition coefficient (Wildman–Crippen LogP) is 1.63. The van der Waals surface area contributed by atoms with Gasteiger partial charge in [0.25, 0.3) is 5.56 Å². The van der Waals surface area contributed by atoms with Gasteiger partial charge in [0.1, 0.15) is 19.0 Å². The molecule has 1 aromatic carbocycles. The lowest BCUT2D eigenvalue weighted by Gasteiger charge is -2.31. The van der Waals surface area contributed by atoms with Crippen LogP contribution < -0.4 is 16.4 Å². The number of nitrogens with one attached hydrogen (secondary N) is 2. The summed E-state index contributed by atoms with van der Waals surface area (Å²) in [5.41, 5.74) is 4.10. The Labute approximate surface area is 227 Å². The number of hydrogen-bond donors (Lipinski definition) is 4. The number of pyridine rings is 2. The van der Waals surface area contributed by atoms with E-state index in [4.69, 9.17) is 19.7 Å². The molecule has 0 unspecified atom stereocenters. The van der Waals surface area contributed by atoms with Crippen LogP contribution in [0.4, 0.5) is 4.39 Å². The van der Waals surface area contributed by atoms with Crippen molar-refractivity contribution in [3.63, 3.8) is 0 Å². The van der Waals surface area contributed by atoms with E-state index < -0.39 is 29.0 Å². The van der Waals surface area contributed by atoms with Crippen molar-refractivity contribution in [2.24, 2.45) is 0 Å². The lowest BCUT2D eigenvalue weighted by Crippen LogP contribution is -2.44. The van der Waals surface area contributed by atoms with Gasteiger partial charge in [0.15, 0.2) is 5.60 Å². The molecule has 0 bridgehead atoms. The van der Waals surface area contributed by atoms with Gasteiger partial charge in [-0.05, 0) is 48.9 Å². The van der Waals surface area contributed by atoms with Crippen LogP contribution in [0.3, 0.4) is 0 Å². The van der Waals surface area contributed by atoms with Crippen LogP contribution in [-0.4, -0.2) is 51.5 Å². The molecule has 0 fully saturated rings. The third-order valence-corrected chi connectivity index (χ3v) is 8.30. The lowest BCUT2D eigenvalue weighted by molar-refractivity contribution is -0.172. The van der Waals surface area contributed by atoms with Gasteiger partial charge in [-0.1, -0.05) is 6.92 Å². The van der Waals surface area contributed by atoms with E-state index in [1.165, 1.54) is 10.6 Å². The molecule has 12 heteroatoms. The van der Waals surface area contributed by atoms with Crippen molar-refractivity contribution >= 4 is 22.8 Å². The van der Waals surface area contributed by atoms with Gasteiger partial charge < -0.3 is 29.7 Å². The fourth-order valence-corrected chi connectivity index (χ4v) is 6.22. The number of aryl methyl sites for hydroxylation is 1. The number of hydrogen-bond acceptors (Lipinski definition) is 9. The number of amides is 1. The molecule has 4 N–H and O–H groups in total. The van der Waals surface area contributed by atoms with Crippen LogP contribution in [0.15, 0.2) is 16.9 Å². The summed E-state index contributed by atoms with van der Waals surface area (Å²) >= 11 is 0. The summed E-state index contributed by atoms with van der Waals surface area (Å²) in [5, 5.41) is 23.6. The number of rotatable bonds is 7. The number of hydroxylamine groups is 1. The van der Waals surface area contributed by atoms with Gasteiger partial charge in [-0.2, -0.15) is 0 Å². The zero-order valence-electron chi connectivity index (χ0n) is 22.1. The first-order chi connectivity index (χ1) is 19.2. The number of benzene rings is 1. The number of esters is 1. The third kappa shape index (κ3) is 3.85. The maximum absolute atomic E-state index is 15.0. The molecular weight excluding hydrogens is 523 g/mol. The summed E-state index contributed by atoms with van der Waals surface area (Å²) in [6, 6.07) is 2.54. The number of nitrogens with zero attached hydrogens (tertiary/aromatic N) is 2. The second-order valence-corrected chi connectivity index (χ2v) is 10.4. The van der Waals surface area contributed by atoms with Gasteiger partial charge >= 0.3 is 5.97 Å². The Balaban J connectivity index is 1.52. The second kappa shape index (κ2) is 9.73. The molecule has 0 saturated heterocycles. The molecule has 2 aromatic heterocycles. The van der Waals surface area contributed by atoms with Crippen LogP contribution in [-0.2, 0) is 44.2 Å². The van der Waals surface area contributed by atoms with Crippen molar-refractivity contribution < 1.29 is 33.8 Å². The van der Waals surface area contributed by atoms with Gasteiger partial charge in [-0.15, -0.1) is 0 Å². The molecule has 0 spiro atoms. The van der Waals surface area contributed by atoms with E-state index in [1.807, 2.05) is 5.48 Å². The van der Waals surface area contributed by atoms with Gasteiger partial charge in [-0.3, -0.25) is 9.59 Å². The molecule has 40 heavy (non-hydrogen) atoms. The average molecular weight is 553 g/mol. The molecule has 3 aromatic rings. The Morgan fingerprint density at radius 1 is 1.30 bits per heavy atom.